The minimum Gasteiger partial charge on any atom is -0.492 e. The van der Waals surface area contributed by atoms with Crippen molar-refractivity contribution in [1.82, 2.24) is 14.5 Å². The SMILES string of the molecule is CCOc1cc(-c2cc(N(CCn3c(C)cc4c(OC)ncc(F)c43)S(=O)(=O)CC)ccn2)sc1C(=O)O. The fourth-order valence-electron chi connectivity index (χ4n) is 4.19. The Morgan fingerprint density at radius 2 is 2.00 bits per heavy atom. The molecule has 0 aliphatic heterocycles. The van der Waals surface area contributed by atoms with Crippen molar-refractivity contribution < 1.29 is 32.2 Å². The van der Waals surface area contributed by atoms with E-state index in [2.05, 4.69) is 9.97 Å². The van der Waals surface area contributed by atoms with Crippen LogP contribution in [0, 0.1) is 12.7 Å². The van der Waals surface area contributed by atoms with Crippen LogP contribution in [0.1, 0.15) is 29.2 Å². The number of carboxylic acid groups (broad SMARTS) is 1. The number of hydrogen-bond acceptors (Lipinski definition) is 8. The highest BCUT2D eigenvalue weighted by molar-refractivity contribution is 7.92. The van der Waals surface area contributed by atoms with Gasteiger partial charge in [0, 0.05) is 24.5 Å². The summed E-state index contributed by atoms with van der Waals surface area (Å²) in [7, 11) is -2.28. The molecule has 0 saturated carbocycles. The average molecular weight is 563 g/mol. The Kier molecular flexibility index (Phi) is 7.88. The van der Waals surface area contributed by atoms with E-state index in [0.29, 0.717) is 28.3 Å². The molecule has 0 atom stereocenters. The molecule has 13 heteroatoms. The fraction of sp³-hybridized carbons (Fsp3) is 0.320. The number of nitrogens with zero attached hydrogens (tertiary/aromatic N) is 4. The van der Waals surface area contributed by atoms with Crippen LogP contribution in [0.4, 0.5) is 10.1 Å². The third kappa shape index (κ3) is 5.16. The molecule has 0 radical (unpaired) electrons. The first kappa shape index (κ1) is 27.3. The summed E-state index contributed by atoms with van der Waals surface area (Å²) in [6, 6.07) is 6.50. The van der Waals surface area contributed by atoms with Crippen molar-refractivity contribution in [1.29, 1.82) is 0 Å². The number of carbonyl (C=O) groups is 1. The highest BCUT2D eigenvalue weighted by Crippen LogP contribution is 2.37. The summed E-state index contributed by atoms with van der Waals surface area (Å²) in [6.45, 7) is 5.57. The van der Waals surface area contributed by atoms with E-state index in [0.717, 1.165) is 23.2 Å². The number of thiophene rings is 1. The van der Waals surface area contributed by atoms with Crippen molar-refractivity contribution in [2.75, 3.05) is 30.3 Å². The number of carboxylic acids is 1. The molecule has 4 aromatic rings. The summed E-state index contributed by atoms with van der Waals surface area (Å²) in [5, 5.41) is 10.0. The molecule has 0 aliphatic carbocycles. The summed E-state index contributed by atoms with van der Waals surface area (Å²) in [5.41, 5.74) is 1.76. The molecule has 0 aliphatic rings. The maximum absolute atomic E-state index is 14.8. The van der Waals surface area contributed by atoms with Gasteiger partial charge in [-0.2, -0.15) is 0 Å². The van der Waals surface area contributed by atoms with Gasteiger partial charge in [0.15, 0.2) is 10.7 Å². The number of hydrogen-bond donors (Lipinski definition) is 1. The van der Waals surface area contributed by atoms with Crippen LogP contribution in [0.2, 0.25) is 0 Å². The Morgan fingerprint density at radius 1 is 1.24 bits per heavy atom. The predicted octanol–water partition coefficient (Wildman–Crippen LogP) is 4.57. The van der Waals surface area contributed by atoms with Gasteiger partial charge in [0.05, 0.1) is 59.4 Å². The van der Waals surface area contributed by atoms with E-state index in [1.54, 1.807) is 49.6 Å². The Labute approximate surface area is 223 Å². The Morgan fingerprint density at radius 3 is 2.66 bits per heavy atom. The summed E-state index contributed by atoms with van der Waals surface area (Å²) in [4.78, 5) is 20.5. The number of ether oxygens (including phenoxy) is 2. The number of halogens is 1. The van der Waals surface area contributed by atoms with Gasteiger partial charge in [-0.25, -0.2) is 22.6 Å². The number of aromatic nitrogens is 3. The largest absolute Gasteiger partial charge is 0.492 e. The van der Waals surface area contributed by atoms with E-state index in [9.17, 15) is 22.7 Å². The lowest BCUT2D eigenvalue weighted by Gasteiger charge is -2.25. The third-order valence-corrected chi connectivity index (χ3v) is 8.87. The monoisotopic (exact) mass is 562 g/mol. The van der Waals surface area contributed by atoms with Gasteiger partial charge in [0.1, 0.15) is 5.75 Å². The molecule has 1 N–H and O–H groups in total. The van der Waals surface area contributed by atoms with Crippen LogP contribution in [-0.4, -0.2) is 60.0 Å². The smallest absolute Gasteiger partial charge is 0.349 e. The molecular weight excluding hydrogens is 535 g/mol. The van der Waals surface area contributed by atoms with Crippen LogP contribution in [0.3, 0.4) is 0 Å². The Bertz CT molecular complexity index is 1600. The zero-order valence-electron chi connectivity index (χ0n) is 21.3. The van der Waals surface area contributed by atoms with Crippen molar-refractivity contribution in [2.45, 2.75) is 27.3 Å². The second-order valence-corrected chi connectivity index (χ2v) is 11.5. The maximum atomic E-state index is 14.8. The molecule has 0 saturated heterocycles. The first-order valence-corrected chi connectivity index (χ1v) is 14.2. The van der Waals surface area contributed by atoms with Crippen LogP contribution in [0.25, 0.3) is 21.5 Å². The zero-order chi connectivity index (χ0) is 27.6. The lowest BCUT2D eigenvalue weighted by atomic mass is 10.2. The molecule has 202 valence electrons. The standard InChI is InChI=1S/C25H27FN4O6S2/c1-5-36-20-13-21(37-23(20)25(31)32)19-12-16(7-8-27-19)30(38(33,34)6-2)10-9-29-15(3)11-17-22(29)18(26)14-28-24(17)35-4/h7-8,11-14H,5-6,9-10H2,1-4H3,(H,31,32). The highest BCUT2D eigenvalue weighted by atomic mass is 32.2. The average Bonchev–Trinajstić information content (AvgIpc) is 3.46. The number of fused-ring (bicyclic) bond motifs is 1. The summed E-state index contributed by atoms with van der Waals surface area (Å²) < 4.78 is 54.8. The third-order valence-electron chi connectivity index (χ3n) is 5.95. The van der Waals surface area contributed by atoms with Gasteiger partial charge in [-0.3, -0.25) is 9.29 Å². The molecule has 4 aromatic heterocycles. The van der Waals surface area contributed by atoms with Crippen molar-refractivity contribution in [3.63, 3.8) is 0 Å². The van der Waals surface area contributed by atoms with Crippen molar-refractivity contribution in [3.05, 3.63) is 53.0 Å². The van der Waals surface area contributed by atoms with Gasteiger partial charge in [0.25, 0.3) is 0 Å². The van der Waals surface area contributed by atoms with Gasteiger partial charge in [0.2, 0.25) is 15.9 Å². The number of pyridine rings is 2. The van der Waals surface area contributed by atoms with Crippen LogP contribution in [-0.2, 0) is 16.6 Å². The first-order chi connectivity index (χ1) is 18.1. The highest BCUT2D eigenvalue weighted by Gasteiger charge is 2.24. The zero-order valence-corrected chi connectivity index (χ0v) is 22.9. The quantitative estimate of drug-likeness (QED) is 0.282. The summed E-state index contributed by atoms with van der Waals surface area (Å²) in [6.07, 6.45) is 2.55. The molecule has 0 fully saturated rings. The van der Waals surface area contributed by atoms with E-state index in [-0.39, 0.29) is 40.9 Å². The van der Waals surface area contributed by atoms with Gasteiger partial charge in [-0.1, -0.05) is 0 Å². The summed E-state index contributed by atoms with van der Waals surface area (Å²) >= 11 is 0.996. The Balaban J connectivity index is 1.72. The van der Waals surface area contributed by atoms with Gasteiger partial charge in [-0.15, -0.1) is 11.3 Å². The van der Waals surface area contributed by atoms with E-state index >= 15 is 0 Å². The molecule has 0 unspecified atom stereocenters. The van der Waals surface area contributed by atoms with E-state index in [4.69, 9.17) is 9.47 Å². The lowest BCUT2D eigenvalue weighted by Crippen LogP contribution is -2.35. The number of aryl methyl sites for hydroxylation is 1. The van der Waals surface area contributed by atoms with E-state index < -0.39 is 21.8 Å². The number of sulfonamides is 1. The fourth-order valence-corrected chi connectivity index (χ4v) is 6.21. The van der Waals surface area contributed by atoms with Crippen molar-refractivity contribution in [2.24, 2.45) is 0 Å². The molecule has 4 rings (SSSR count). The lowest BCUT2D eigenvalue weighted by molar-refractivity contribution is 0.0698. The predicted molar refractivity (Wildman–Crippen MR) is 143 cm³/mol. The topological polar surface area (TPSA) is 124 Å². The van der Waals surface area contributed by atoms with Gasteiger partial charge >= 0.3 is 5.97 Å². The molecule has 0 aromatic carbocycles. The second-order valence-electron chi connectivity index (χ2n) is 8.23. The number of aromatic carboxylic acids is 1. The number of anilines is 1. The van der Waals surface area contributed by atoms with E-state index in [1.165, 1.54) is 17.6 Å². The minimum absolute atomic E-state index is 0.0172. The van der Waals surface area contributed by atoms with Crippen LogP contribution in [0.5, 0.6) is 11.6 Å². The van der Waals surface area contributed by atoms with Gasteiger partial charge < -0.3 is 19.1 Å². The Hall–Kier alpha value is -3.71. The molecule has 0 bridgehead atoms. The molecular formula is C25H27FN4O6S2. The van der Waals surface area contributed by atoms with Crippen LogP contribution < -0.4 is 13.8 Å². The molecule has 0 spiro atoms. The number of methoxy groups -OCH3 is 1. The number of rotatable bonds is 11. The first-order valence-electron chi connectivity index (χ1n) is 11.8. The second kappa shape index (κ2) is 11.0. The van der Waals surface area contributed by atoms with Gasteiger partial charge in [-0.05, 0) is 39.0 Å². The molecule has 10 nitrogen and oxygen atoms in total. The molecule has 0 amide bonds. The van der Waals surface area contributed by atoms with Crippen molar-refractivity contribution in [3.8, 4) is 22.2 Å². The van der Waals surface area contributed by atoms with E-state index in [1.807, 2.05) is 0 Å². The molecule has 4 heterocycles. The van der Waals surface area contributed by atoms with Crippen LogP contribution in [0.15, 0.2) is 36.7 Å². The molecule has 38 heavy (non-hydrogen) atoms. The minimum atomic E-state index is -3.73. The van der Waals surface area contributed by atoms with Crippen LogP contribution >= 0.6 is 11.3 Å². The van der Waals surface area contributed by atoms with Crippen molar-refractivity contribution >= 4 is 43.9 Å². The summed E-state index contributed by atoms with van der Waals surface area (Å²) in [5.74, 6) is -1.31. The maximum Gasteiger partial charge on any atom is 0.349 e. The normalized spacial score (nSPS) is 11.6.